The fraction of sp³-hybridized carbons (Fsp3) is 0.0714. The van der Waals surface area contributed by atoms with Gasteiger partial charge in [-0.25, -0.2) is 0 Å². The maximum absolute atomic E-state index is 10.8. The Balaban J connectivity index is 2.05. The van der Waals surface area contributed by atoms with Crippen molar-refractivity contribution < 1.29 is 15.0 Å². The second-order valence-electron chi connectivity index (χ2n) is 4.56. The van der Waals surface area contributed by atoms with Crippen LogP contribution < -0.4 is 0 Å². The van der Waals surface area contributed by atoms with Gasteiger partial charge < -0.3 is 10.2 Å². The highest BCUT2D eigenvalue weighted by Gasteiger charge is 2.16. The molecular weight excluding hydrogens is 344 g/mol. The van der Waals surface area contributed by atoms with E-state index >= 15 is 0 Å². The Bertz CT molecular complexity index is 896. The highest BCUT2D eigenvalue weighted by Crippen LogP contribution is 2.37. The first-order valence-corrected chi connectivity index (χ1v) is 7.76. The number of allylic oxidation sites excluding steroid dienone is 1. The van der Waals surface area contributed by atoms with Crippen LogP contribution >= 0.6 is 35.2 Å². The van der Waals surface area contributed by atoms with Crippen LogP contribution in [0, 0.1) is 3.95 Å². The number of halogens is 1. The number of fused-ring (bicyclic) bond motifs is 1. The molecule has 0 amide bonds. The van der Waals surface area contributed by atoms with Gasteiger partial charge in [0.05, 0.1) is 10.6 Å². The molecule has 3 rings (SSSR count). The average Bonchev–Trinajstić information content (AvgIpc) is 2.95. The van der Waals surface area contributed by atoms with Crippen molar-refractivity contribution >= 4 is 64.7 Å². The normalized spacial score (nSPS) is 14.5. The van der Waals surface area contributed by atoms with Gasteiger partial charge in [-0.1, -0.05) is 11.6 Å². The highest BCUT2D eigenvalue weighted by molar-refractivity contribution is 7.73. The van der Waals surface area contributed by atoms with E-state index in [1.807, 2.05) is 6.07 Å². The van der Waals surface area contributed by atoms with Crippen molar-refractivity contribution in [2.75, 3.05) is 0 Å². The van der Waals surface area contributed by atoms with Crippen LogP contribution in [0.1, 0.15) is 10.4 Å². The summed E-state index contributed by atoms with van der Waals surface area (Å²) in [4.78, 5) is 15.6. The Hall–Kier alpha value is -1.96. The van der Waals surface area contributed by atoms with Gasteiger partial charge in [-0.3, -0.25) is 14.4 Å². The number of rotatable bonds is 3. The number of carboxylic acids is 1. The molecule has 1 aromatic heterocycles. The van der Waals surface area contributed by atoms with Gasteiger partial charge in [-0.2, -0.15) is 0 Å². The fourth-order valence-electron chi connectivity index (χ4n) is 2.10. The van der Waals surface area contributed by atoms with Gasteiger partial charge in [0.2, 0.25) is 5.88 Å². The predicted molar refractivity (Wildman–Crippen MR) is 89.9 cm³/mol. The second-order valence-corrected chi connectivity index (χ2v) is 6.67. The number of hydrogen-bond acceptors (Lipinski definition) is 5. The number of nitrogens with zero attached hydrogens (tertiary/aromatic N) is 2. The number of carboxylic acid groups (broad SMARTS) is 1. The fourth-order valence-corrected chi connectivity index (χ4v) is 3.53. The van der Waals surface area contributed by atoms with Crippen LogP contribution in [0.2, 0.25) is 5.02 Å². The van der Waals surface area contributed by atoms with Crippen LogP contribution in [0.25, 0.3) is 11.6 Å². The summed E-state index contributed by atoms with van der Waals surface area (Å²) < 4.78 is 1.48. The van der Waals surface area contributed by atoms with Crippen LogP contribution in [-0.4, -0.2) is 27.0 Å². The minimum atomic E-state index is -1.07. The summed E-state index contributed by atoms with van der Waals surface area (Å²) in [5.74, 6) is -1.23. The molecule has 2 heterocycles. The first-order chi connectivity index (χ1) is 10.5. The Morgan fingerprint density at radius 2 is 2.27 bits per heavy atom. The van der Waals surface area contributed by atoms with E-state index in [1.165, 1.54) is 4.57 Å². The molecule has 1 aliphatic heterocycles. The first kappa shape index (κ1) is 15.0. The van der Waals surface area contributed by atoms with Crippen molar-refractivity contribution in [2.24, 2.45) is 4.99 Å². The largest absolute Gasteiger partial charge is 0.493 e. The van der Waals surface area contributed by atoms with Gasteiger partial charge in [-0.15, -0.1) is 11.3 Å². The van der Waals surface area contributed by atoms with Crippen LogP contribution in [0.4, 0.5) is 5.69 Å². The lowest BCUT2D eigenvalue weighted by Crippen LogP contribution is -2.07. The molecule has 22 heavy (non-hydrogen) atoms. The number of benzene rings is 1. The van der Waals surface area contributed by atoms with Crippen molar-refractivity contribution in [1.29, 1.82) is 0 Å². The monoisotopic (exact) mass is 352 g/mol. The molecule has 0 bridgehead atoms. The van der Waals surface area contributed by atoms with Crippen molar-refractivity contribution in [3.63, 3.8) is 0 Å². The van der Waals surface area contributed by atoms with E-state index in [2.05, 4.69) is 4.99 Å². The summed E-state index contributed by atoms with van der Waals surface area (Å²) in [7, 11) is 0. The standard InChI is InChI=1S/C14H9ClN2O3S2/c15-8-1-2-10-9(4-8)7(5-16-10)3-11-13(20)17(6-12(18)19)14(21)22-11/h1-5,20H,6H2,(H,18,19). The SMILES string of the molecule is O=C(O)Cn1c(O)c(C=C2C=Nc3ccc(Cl)cc32)sc1=S. The molecule has 0 aliphatic carbocycles. The Morgan fingerprint density at radius 1 is 1.50 bits per heavy atom. The Labute approximate surface area is 139 Å². The second kappa shape index (κ2) is 5.68. The molecule has 5 nitrogen and oxygen atoms in total. The van der Waals surface area contributed by atoms with Crippen LogP contribution in [0.5, 0.6) is 5.88 Å². The summed E-state index contributed by atoms with van der Waals surface area (Å²) in [5, 5.41) is 19.6. The molecule has 0 atom stereocenters. The molecule has 112 valence electrons. The number of carbonyl (C=O) groups is 1. The Kier molecular flexibility index (Phi) is 3.86. The lowest BCUT2D eigenvalue weighted by atomic mass is 10.1. The third-order valence-corrected chi connectivity index (χ3v) is 4.71. The number of aromatic hydroxyl groups is 1. The third kappa shape index (κ3) is 2.70. The molecule has 0 spiro atoms. The lowest BCUT2D eigenvalue weighted by Gasteiger charge is -2.01. The van der Waals surface area contributed by atoms with E-state index < -0.39 is 5.97 Å². The van der Waals surface area contributed by atoms with Crippen molar-refractivity contribution in [3.8, 4) is 5.88 Å². The maximum atomic E-state index is 10.8. The first-order valence-electron chi connectivity index (χ1n) is 6.16. The van der Waals surface area contributed by atoms with Gasteiger partial charge in [-0.05, 0) is 36.5 Å². The molecule has 1 aliphatic rings. The van der Waals surface area contributed by atoms with Crippen LogP contribution in [0.15, 0.2) is 23.2 Å². The van der Waals surface area contributed by atoms with E-state index in [0.717, 1.165) is 28.2 Å². The summed E-state index contributed by atoms with van der Waals surface area (Å²) in [6, 6.07) is 5.36. The molecule has 0 saturated heterocycles. The molecule has 0 saturated carbocycles. The van der Waals surface area contributed by atoms with Crippen LogP contribution in [-0.2, 0) is 11.3 Å². The zero-order valence-electron chi connectivity index (χ0n) is 11.0. The summed E-state index contributed by atoms with van der Waals surface area (Å²) in [5.41, 5.74) is 2.44. The van der Waals surface area contributed by atoms with E-state index in [1.54, 1.807) is 24.4 Å². The number of aliphatic imine (C=N–C) groups is 1. The zero-order valence-corrected chi connectivity index (χ0v) is 13.4. The van der Waals surface area contributed by atoms with Gasteiger partial charge in [0.25, 0.3) is 0 Å². The Morgan fingerprint density at radius 3 is 3.00 bits per heavy atom. The van der Waals surface area contributed by atoms with Gasteiger partial charge in [0, 0.05) is 22.4 Å². The van der Waals surface area contributed by atoms with E-state index in [0.29, 0.717) is 13.9 Å². The topological polar surface area (TPSA) is 74.8 Å². The van der Waals surface area contributed by atoms with E-state index in [9.17, 15) is 9.90 Å². The molecule has 2 aromatic rings. The number of aliphatic carboxylic acids is 1. The molecule has 0 unspecified atom stereocenters. The van der Waals surface area contributed by atoms with E-state index in [-0.39, 0.29) is 12.4 Å². The summed E-state index contributed by atoms with van der Waals surface area (Å²) in [6.07, 6.45) is 3.39. The quantitative estimate of drug-likeness (QED) is 0.819. The minimum Gasteiger partial charge on any atom is -0.493 e. The van der Waals surface area contributed by atoms with Crippen molar-refractivity contribution in [2.45, 2.75) is 6.54 Å². The minimum absolute atomic E-state index is 0.159. The molecule has 0 fully saturated rings. The third-order valence-electron chi connectivity index (χ3n) is 3.09. The maximum Gasteiger partial charge on any atom is 0.323 e. The number of aromatic nitrogens is 1. The average molecular weight is 353 g/mol. The lowest BCUT2D eigenvalue weighted by molar-refractivity contribution is -0.137. The van der Waals surface area contributed by atoms with Crippen molar-refractivity contribution in [3.05, 3.63) is 37.6 Å². The molecule has 8 heteroatoms. The highest BCUT2D eigenvalue weighted by atomic mass is 35.5. The number of thiazole rings is 1. The van der Waals surface area contributed by atoms with Gasteiger partial charge in [0.15, 0.2) is 3.95 Å². The smallest absolute Gasteiger partial charge is 0.323 e. The predicted octanol–water partition coefficient (Wildman–Crippen LogP) is 3.98. The number of hydrogen-bond donors (Lipinski definition) is 2. The molecule has 2 N–H and O–H groups in total. The zero-order chi connectivity index (χ0) is 15.9. The molecule has 1 aromatic carbocycles. The summed E-state index contributed by atoms with van der Waals surface area (Å²) in [6.45, 7) is -0.374. The van der Waals surface area contributed by atoms with Crippen LogP contribution in [0.3, 0.4) is 0 Å². The summed E-state index contributed by atoms with van der Waals surface area (Å²) >= 11 is 12.2. The molecule has 0 radical (unpaired) electrons. The van der Waals surface area contributed by atoms with Crippen molar-refractivity contribution in [1.82, 2.24) is 4.57 Å². The van der Waals surface area contributed by atoms with E-state index in [4.69, 9.17) is 28.9 Å². The van der Waals surface area contributed by atoms with Gasteiger partial charge >= 0.3 is 5.97 Å². The van der Waals surface area contributed by atoms with Gasteiger partial charge in [0.1, 0.15) is 6.54 Å². The molecular formula is C14H9ClN2O3S2.